The minimum Gasteiger partial charge on any atom is -0.455 e. The summed E-state index contributed by atoms with van der Waals surface area (Å²) < 4.78 is 5.19. The van der Waals surface area contributed by atoms with Crippen LogP contribution in [0.5, 0.6) is 0 Å². The van der Waals surface area contributed by atoms with Crippen LogP contribution in [0.3, 0.4) is 0 Å². The van der Waals surface area contributed by atoms with Gasteiger partial charge in [-0.25, -0.2) is 4.79 Å². The van der Waals surface area contributed by atoms with Crippen molar-refractivity contribution in [3.63, 3.8) is 0 Å². The summed E-state index contributed by atoms with van der Waals surface area (Å²) in [7, 11) is 0. The van der Waals surface area contributed by atoms with E-state index in [1.54, 1.807) is 11.3 Å². The van der Waals surface area contributed by atoms with Gasteiger partial charge >= 0.3 is 5.97 Å². The molecule has 2 heterocycles. The molecule has 1 aliphatic rings. The molecule has 0 saturated heterocycles. The first kappa shape index (κ1) is 12.6. The van der Waals surface area contributed by atoms with Crippen molar-refractivity contribution in [1.82, 2.24) is 0 Å². The molecule has 18 heavy (non-hydrogen) atoms. The Hall–Kier alpha value is -1.86. The Kier molecular flexibility index (Phi) is 3.35. The number of hydrogen-bond acceptors (Lipinski definition) is 4. The summed E-state index contributed by atoms with van der Waals surface area (Å²) in [5, 5.41) is 11.0. The van der Waals surface area contributed by atoms with E-state index < -0.39 is 11.6 Å². The molecule has 1 aromatic heterocycles. The Labute approximate surface area is 110 Å². The largest absolute Gasteiger partial charge is 0.455 e. The zero-order valence-corrected chi connectivity index (χ0v) is 11.1. The van der Waals surface area contributed by atoms with Gasteiger partial charge in [0.25, 0.3) is 0 Å². The number of nitriles is 1. The molecule has 0 aliphatic carbocycles. The maximum absolute atomic E-state index is 11.7. The van der Waals surface area contributed by atoms with Gasteiger partial charge in [0.15, 0.2) is 0 Å². The van der Waals surface area contributed by atoms with Crippen molar-refractivity contribution in [1.29, 1.82) is 5.26 Å². The summed E-state index contributed by atoms with van der Waals surface area (Å²) >= 11 is 1.61. The number of hydrogen-bond donors (Lipinski definition) is 0. The number of esters is 1. The van der Waals surface area contributed by atoms with Crippen LogP contribution in [0, 0.1) is 11.3 Å². The smallest absolute Gasteiger partial charge is 0.349 e. The first-order valence-corrected chi connectivity index (χ1v) is 6.48. The Morgan fingerprint density at radius 2 is 2.28 bits per heavy atom. The van der Waals surface area contributed by atoms with Crippen LogP contribution in [0.15, 0.2) is 34.7 Å². The lowest BCUT2D eigenvalue weighted by Gasteiger charge is -2.30. The number of ether oxygens (including phenoxy) is 1. The van der Waals surface area contributed by atoms with Gasteiger partial charge in [-0.05, 0) is 36.9 Å². The third kappa shape index (κ3) is 2.69. The summed E-state index contributed by atoms with van der Waals surface area (Å²) in [4.78, 5) is 12.8. The Morgan fingerprint density at radius 1 is 1.50 bits per heavy atom. The van der Waals surface area contributed by atoms with Gasteiger partial charge < -0.3 is 4.74 Å². The van der Waals surface area contributed by atoms with Gasteiger partial charge in [-0.2, -0.15) is 5.26 Å². The highest BCUT2D eigenvalue weighted by molar-refractivity contribution is 7.10. The van der Waals surface area contributed by atoms with E-state index in [4.69, 9.17) is 10.00 Å². The molecule has 2 rings (SSSR count). The van der Waals surface area contributed by atoms with E-state index in [1.165, 1.54) is 0 Å². The lowest BCUT2D eigenvalue weighted by molar-refractivity contribution is -0.152. The lowest BCUT2D eigenvalue weighted by atomic mass is 9.91. The van der Waals surface area contributed by atoms with Crippen molar-refractivity contribution in [3.8, 4) is 6.07 Å². The summed E-state index contributed by atoms with van der Waals surface area (Å²) in [5.74, 6) is -0.528. The summed E-state index contributed by atoms with van der Waals surface area (Å²) in [6.07, 6.45) is 4.32. The van der Waals surface area contributed by atoms with Gasteiger partial charge in [-0.1, -0.05) is 12.1 Å². The zero-order chi connectivity index (χ0) is 13.2. The number of cyclic esters (lactones) is 1. The Balaban J connectivity index is 2.33. The van der Waals surface area contributed by atoms with Crippen LogP contribution >= 0.6 is 11.3 Å². The fraction of sp³-hybridized carbons (Fsp3) is 0.286. The first-order chi connectivity index (χ1) is 8.52. The topological polar surface area (TPSA) is 50.1 Å². The molecule has 0 radical (unpaired) electrons. The summed E-state index contributed by atoms with van der Waals surface area (Å²) in [6, 6.07) is 5.88. The molecule has 1 aromatic rings. The van der Waals surface area contributed by atoms with E-state index in [1.807, 2.05) is 49.6 Å². The predicted octanol–water partition coefficient (Wildman–Crippen LogP) is 3.31. The fourth-order valence-electron chi connectivity index (χ4n) is 1.84. The van der Waals surface area contributed by atoms with E-state index in [2.05, 4.69) is 0 Å². The minimum absolute atomic E-state index is 0.113. The van der Waals surface area contributed by atoms with Gasteiger partial charge in [0.1, 0.15) is 17.2 Å². The van der Waals surface area contributed by atoms with Crippen LogP contribution in [0.2, 0.25) is 0 Å². The van der Waals surface area contributed by atoms with E-state index >= 15 is 0 Å². The number of thiophene rings is 1. The molecule has 3 nitrogen and oxygen atoms in total. The van der Waals surface area contributed by atoms with Crippen molar-refractivity contribution < 1.29 is 9.53 Å². The molecule has 92 valence electrons. The molecule has 0 amide bonds. The maximum atomic E-state index is 11.7. The van der Waals surface area contributed by atoms with Crippen molar-refractivity contribution in [2.45, 2.75) is 25.9 Å². The van der Waals surface area contributed by atoms with E-state index in [0.717, 1.165) is 10.5 Å². The number of rotatable bonds is 2. The molecular formula is C14H13NO2S. The molecule has 4 heteroatoms. The quantitative estimate of drug-likeness (QED) is 0.766. The molecule has 0 bridgehead atoms. The van der Waals surface area contributed by atoms with Gasteiger partial charge in [0.05, 0.1) is 0 Å². The predicted molar refractivity (Wildman–Crippen MR) is 70.8 cm³/mol. The Morgan fingerprint density at radius 3 is 2.89 bits per heavy atom. The lowest BCUT2D eigenvalue weighted by Crippen LogP contribution is -2.33. The van der Waals surface area contributed by atoms with Crippen LogP contribution in [0.1, 0.15) is 25.1 Å². The molecular weight excluding hydrogens is 246 g/mol. The van der Waals surface area contributed by atoms with Crippen LogP contribution in [-0.2, 0) is 9.53 Å². The zero-order valence-electron chi connectivity index (χ0n) is 10.3. The second kappa shape index (κ2) is 4.79. The molecule has 1 aliphatic heterocycles. The standard InChI is InChI=1S/C14H13NO2S/c1-14(2)8-10(12(9-15)13(16)17-14)5-6-11-4-3-7-18-11/h3-7H,8H2,1-2H3/b6-5+. The highest BCUT2D eigenvalue weighted by Gasteiger charge is 2.33. The van der Waals surface area contributed by atoms with E-state index in [-0.39, 0.29) is 5.57 Å². The fourth-order valence-corrected chi connectivity index (χ4v) is 2.46. The third-order valence-electron chi connectivity index (χ3n) is 2.61. The number of allylic oxidation sites excluding steroid dienone is 1. The van der Waals surface area contributed by atoms with Crippen molar-refractivity contribution in [2.24, 2.45) is 0 Å². The second-order valence-corrected chi connectivity index (χ2v) is 5.67. The number of carbonyl (C=O) groups is 1. The molecule has 0 fully saturated rings. The SMILES string of the molecule is CC1(C)CC(/C=C/c2cccs2)=C(C#N)C(=O)O1. The molecule has 0 atom stereocenters. The highest BCUT2D eigenvalue weighted by atomic mass is 32.1. The van der Waals surface area contributed by atoms with Crippen LogP contribution in [0.4, 0.5) is 0 Å². The van der Waals surface area contributed by atoms with Crippen molar-refractivity contribution in [2.75, 3.05) is 0 Å². The number of carbonyl (C=O) groups excluding carboxylic acids is 1. The van der Waals surface area contributed by atoms with Gasteiger partial charge in [0.2, 0.25) is 0 Å². The molecule has 0 N–H and O–H groups in total. The average Bonchev–Trinajstić information content (AvgIpc) is 2.77. The molecule has 0 spiro atoms. The maximum Gasteiger partial charge on any atom is 0.349 e. The van der Waals surface area contributed by atoms with Crippen LogP contribution in [0.25, 0.3) is 6.08 Å². The molecule has 0 aromatic carbocycles. The molecule has 0 saturated carbocycles. The number of nitrogens with zero attached hydrogens (tertiary/aromatic N) is 1. The minimum atomic E-state index is -0.549. The van der Waals surface area contributed by atoms with Crippen molar-refractivity contribution >= 4 is 23.4 Å². The van der Waals surface area contributed by atoms with Crippen LogP contribution < -0.4 is 0 Å². The second-order valence-electron chi connectivity index (χ2n) is 4.69. The van der Waals surface area contributed by atoms with Crippen molar-refractivity contribution in [3.05, 3.63) is 39.6 Å². The van der Waals surface area contributed by atoms with Gasteiger partial charge in [-0.3, -0.25) is 0 Å². The summed E-state index contributed by atoms with van der Waals surface area (Å²) in [5.41, 5.74) is 0.307. The normalized spacial score (nSPS) is 18.8. The van der Waals surface area contributed by atoms with Crippen LogP contribution in [-0.4, -0.2) is 11.6 Å². The average molecular weight is 259 g/mol. The first-order valence-electron chi connectivity index (χ1n) is 5.60. The van der Waals surface area contributed by atoms with Gasteiger partial charge in [0, 0.05) is 11.3 Å². The monoisotopic (exact) mass is 259 g/mol. The highest BCUT2D eigenvalue weighted by Crippen LogP contribution is 2.30. The Bertz CT molecular complexity index is 559. The third-order valence-corrected chi connectivity index (χ3v) is 3.45. The van der Waals surface area contributed by atoms with Gasteiger partial charge in [-0.15, -0.1) is 11.3 Å². The van der Waals surface area contributed by atoms with E-state index in [0.29, 0.717) is 6.42 Å². The summed E-state index contributed by atoms with van der Waals surface area (Å²) in [6.45, 7) is 3.69. The molecule has 0 unspecified atom stereocenters. The van der Waals surface area contributed by atoms with E-state index in [9.17, 15) is 4.79 Å².